The highest BCUT2D eigenvalue weighted by atomic mass is 19.1. The predicted octanol–water partition coefficient (Wildman–Crippen LogP) is 2.27. The SMILES string of the molecule is Cc1cc(N)c(C2=NC(C)(C)CO2)cc1F. The minimum Gasteiger partial charge on any atom is -0.475 e. The van der Waals surface area contributed by atoms with E-state index in [1.165, 1.54) is 6.07 Å². The van der Waals surface area contributed by atoms with E-state index in [1.54, 1.807) is 13.0 Å². The third-order valence-corrected chi connectivity index (χ3v) is 2.53. The lowest BCUT2D eigenvalue weighted by atomic mass is 10.1. The molecule has 2 rings (SSSR count). The Hall–Kier alpha value is -1.58. The lowest BCUT2D eigenvalue weighted by Gasteiger charge is -2.07. The van der Waals surface area contributed by atoms with Crippen LogP contribution in [-0.2, 0) is 4.74 Å². The molecule has 0 amide bonds. The summed E-state index contributed by atoms with van der Waals surface area (Å²) in [6.07, 6.45) is 0. The number of nitrogens with two attached hydrogens (primary N) is 1. The molecule has 4 heteroatoms. The van der Waals surface area contributed by atoms with E-state index in [9.17, 15) is 4.39 Å². The van der Waals surface area contributed by atoms with Crippen LogP contribution in [0.15, 0.2) is 17.1 Å². The van der Waals surface area contributed by atoms with E-state index < -0.39 is 0 Å². The fraction of sp³-hybridized carbons (Fsp3) is 0.417. The first kappa shape index (κ1) is 10.9. The Morgan fingerprint density at radius 1 is 1.44 bits per heavy atom. The molecule has 1 aliphatic rings. The largest absolute Gasteiger partial charge is 0.475 e. The summed E-state index contributed by atoms with van der Waals surface area (Å²) in [5.74, 6) is 0.140. The zero-order valence-electron chi connectivity index (χ0n) is 9.67. The van der Waals surface area contributed by atoms with Gasteiger partial charge in [-0.25, -0.2) is 9.38 Å². The first-order valence-corrected chi connectivity index (χ1v) is 5.18. The van der Waals surface area contributed by atoms with Gasteiger partial charge < -0.3 is 10.5 Å². The van der Waals surface area contributed by atoms with Crippen molar-refractivity contribution in [3.8, 4) is 0 Å². The quantitative estimate of drug-likeness (QED) is 0.741. The average molecular weight is 222 g/mol. The number of nitrogens with zero attached hydrogens (tertiary/aromatic N) is 1. The maximum absolute atomic E-state index is 13.4. The highest BCUT2D eigenvalue weighted by Crippen LogP contribution is 2.25. The number of rotatable bonds is 1. The van der Waals surface area contributed by atoms with Crippen LogP contribution in [0.25, 0.3) is 0 Å². The normalized spacial score (nSPS) is 18.1. The highest BCUT2D eigenvalue weighted by Gasteiger charge is 2.28. The van der Waals surface area contributed by atoms with Gasteiger partial charge in [0.2, 0.25) is 5.90 Å². The van der Waals surface area contributed by atoms with Crippen molar-refractivity contribution in [1.29, 1.82) is 0 Å². The van der Waals surface area contributed by atoms with Crippen LogP contribution in [0.3, 0.4) is 0 Å². The van der Waals surface area contributed by atoms with Gasteiger partial charge in [-0.15, -0.1) is 0 Å². The second kappa shape index (κ2) is 3.47. The molecule has 0 unspecified atom stereocenters. The number of hydrogen-bond acceptors (Lipinski definition) is 3. The van der Waals surface area contributed by atoms with Crippen LogP contribution in [0.1, 0.15) is 25.0 Å². The molecule has 3 nitrogen and oxygen atoms in total. The molecule has 0 saturated carbocycles. The Labute approximate surface area is 94.1 Å². The molecule has 0 fully saturated rings. The van der Waals surface area contributed by atoms with E-state index in [0.717, 1.165) is 0 Å². The number of aliphatic imine (C=N–C) groups is 1. The molecule has 16 heavy (non-hydrogen) atoms. The summed E-state index contributed by atoms with van der Waals surface area (Å²) in [4.78, 5) is 4.37. The molecule has 2 N–H and O–H groups in total. The van der Waals surface area contributed by atoms with Gasteiger partial charge in [-0.1, -0.05) is 0 Å². The molecule has 0 aliphatic carbocycles. The Balaban J connectivity index is 2.46. The zero-order chi connectivity index (χ0) is 11.9. The van der Waals surface area contributed by atoms with Gasteiger partial charge in [0.05, 0.1) is 11.1 Å². The van der Waals surface area contributed by atoms with Crippen LogP contribution in [0.2, 0.25) is 0 Å². The molecule has 1 aromatic rings. The summed E-state index contributed by atoms with van der Waals surface area (Å²) >= 11 is 0. The van der Waals surface area contributed by atoms with Crippen LogP contribution in [0, 0.1) is 12.7 Å². The number of ether oxygens (including phenoxy) is 1. The first-order valence-electron chi connectivity index (χ1n) is 5.18. The summed E-state index contributed by atoms with van der Waals surface area (Å²) in [7, 11) is 0. The van der Waals surface area contributed by atoms with E-state index in [4.69, 9.17) is 10.5 Å². The molecule has 1 aromatic carbocycles. The van der Waals surface area contributed by atoms with Gasteiger partial charge in [-0.05, 0) is 38.5 Å². The Kier molecular flexibility index (Phi) is 2.37. The standard InChI is InChI=1S/C12H15FN2O/c1-7-4-10(14)8(5-9(7)13)11-15-12(2,3)6-16-11/h4-5H,6,14H2,1-3H3. The number of anilines is 1. The number of benzene rings is 1. The van der Waals surface area contributed by atoms with Crippen molar-refractivity contribution >= 4 is 11.6 Å². The third-order valence-electron chi connectivity index (χ3n) is 2.53. The number of hydrogen-bond donors (Lipinski definition) is 1. The maximum Gasteiger partial charge on any atom is 0.219 e. The Morgan fingerprint density at radius 3 is 2.69 bits per heavy atom. The minimum absolute atomic E-state index is 0.261. The van der Waals surface area contributed by atoms with Crippen molar-refractivity contribution in [2.24, 2.45) is 4.99 Å². The van der Waals surface area contributed by atoms with E-state index in [0.29, 0.717) is 29.3 Å². The summed E-state index contributed by atoms with van der Waals surface area (Å²) in [5.41, 5.74) is 7.13. The van der Waals surface area contributed by atoms with E-state index in [-0.39, 0.29) is 11.4 Å². The number of nitrogen functional groups attached to an aromatic ring is 1. The number of aryl methyl sites for hydroxylation is 1. The van der Waals surface area contributed by atoms with Crippen molar-refractivity contribution in [3.05, 3.63) is 29.1 Å². The van der Waals surface area contributed by atoms with Crippen molar-refractivity contribution in [3.63, 3.8) is 0 Å². The molecular formula is C12H15FN2O. The third kappa shape index (κ3) is 1.87. The molecule has 0 saturated heterocycles. The van der Waals surface area contributed by atoms with Gasteiger partial charge in [0.15, 0.2) is 0 Å². The molecule has 1 heterocycles. The van der Waals surface area contributed by atoms with E-state index in [1.807, 2.05) is 13.8 Å². The van der Waals surface area contributed by atoms with E-state index >= 15 is 0 Å². The van der Waals surface area contributed by atoms with Gasteiger partial charge >= 0.3 is 0 Å². The lowest BCUT2D eigenvalue weighted by Crippen LogP contribution is -2.17. The van der Waals surface area contributed by atoms with Crippen LogP contribution in [-0.4, -0.2) is 18.0 Å². The van der Waals surface area contributed by atoms with Crippen LogP contribution < -0.4 is 5.73 Å². The molecule has 0 radical (unpaired) electrons. The maximum atomic E-state index is 13.4. The summed E-state index contributed by atoms with van der Waals surface area (Å²) in [6.45, 7) is 6.09. The fourth-order valence-corrected chi connectivity index (χ4v) is 1.61. The van der Waals surface area contributed by atoms with Crippen LogP contribution in [0.4, 0.5) is 10.1 Å². The highest BCUT2D eigenvalue weighted by molar-refractivity contribution is 6.00. The van der Waals surface area contributed by atoms with Crippen molar-refractivity contribution in [2.75, 3.05) is 12.3 Å². The van der Waals surface area contributed by atoms with E-state index in [2.05, 4.69) is 4.99 Å². The Morgan fingerprint density at radius 2 is 2.12 bits per heavy atom. The molecule has 86 valence electrons. The lowest BCUT2D eigenvalue weighted by molar-refractivity contribution is 0.279. The minimum atomic E-state index is -0.291. The van der Waals surface area contributed by atoms with Crippen LogP contribution in [0.5, 0.6) is 0 Å². The second-order valence-electron chi connectivity index (χ2n) is 4.71. The van der Waals surface area contributed by atoms with Gasteiger partial charge in [-0.3, -0.25) is 0 Å². The monoisotopic (exact) mass is 222 g/mol. The summed E-state index contributed by atoms with van der Waals surface area (Å²) in [6, 6.07) is 2.98. The molecular weight excluding hydrogens is 207 g/mol. The molecule has 0 aromatic heterocycles. The average Bonchev–Trinajstić information content (AvgIpc) is 2.52. The topological polar surface area (TPSA) is 47.6 Å². The predicted molar refractivity (Wildman–Crippen MR) is 62.1 cm³/mol. The smallest absolute Gasteiger partial charge is 0.219 e. The second-order valence-corrected chi connectivity index (χ2v) is 4.71. The van der Waals surface area contributed by atoms with Crippen molar-refractivity contribution < 1.29 is 9.13 Å². The fourth-order valence-electron chi connectivity index (χ4n) is 1.61. The van der Waals surface area contributed by atoms with Gasteiger partial charge in [0, 0.05) is 5.69 Å². The zero-order valence-corrected chi connectivity index (χ0v) is 9.67. The van der Waals surface area contributed by atoms with Crippen molar-refractivity contribution in [1.82, 2.24) is 0 Å². The van der Waals surface area contributed by atoms with Crippen LogP contribution >= 0.6 is 0 Å². The number of halogens is 1. The molecule has 0 atom stereocenters. The summed E-state index contributed by atoms with van der Waals surface area (Å²) < 4.78 is 18.9. The molecule has 1 aliphatic heterocycles. The first-order chi connectivity index (χ1) is 7.39. The van der Waals surface area contributed by atoms with Gasteiger partial charge in [-0.2, -0.15) is 0 Å². The summed E-state index contributed by atoms with van der Waals surface area (Å²) in [5, 5.41) is 0. The van der Waals surface area contributed by atoms with Gasteiger partial charge in [0.1, 0.15) is 12.4 Å². The van der Waals surface area contributed by atoms with Gasteiger partial charge in [0.25, 0.3) is 0 Å². The Bertz CT molecular complexity index is 466. The molecule has 0 bridgehead atoms. The van der Waals surface area contributed by atoms with Crippen molar-refractivity contribution in [2.45, 2.75) is 26.3 Å². The molecule has 0 spiro atoms.